The van der Waals surface area contributed by atoms with Gasteiger partial charge < -0.3 is 15.4 Å². The number of guanidine groups is 1. The van der Waals surface area contributed by atoms with E-state index in [0.29, 0.717) is 5.96 Å². The van der Waals surface area contributed by atoms with Gasteiger partial charge in [-0.2, -0.15) is 0 Å². The van der Waals surface area contributed by atoms with E-state index in [9.17, 15) is 0 Å². The Morgan fingerprint density at radius 2 is 2.09 bits per heavy atom. The fourth-order valence-corrected chi connectivity index (χ4v) is 3.30. The number of benzene rings is 1. The molecule has 0 aromatic heterocycles. The molecule has 5 nitrogen and oxygen atoms in total. The highest BCUT2D eigenvalue weighted by atomic mass is 35.5. The number of rotatable bonds is 3. The van der Waals surface area contributed by atoms with E-state index < -0.39 is 0 Å². The Bertz CT molecular complexity index is 543. The second-order valence-corrected chi connectivity index (χ2v) is 6.15. The van der Waals surface area contributed by atoms with Gasteiger partial charge in [0.05, 0.1) is 19.8 Å². The topological polar surface area (TPSA) is 54.1 Å². The van der Waals surface area contributed by atoms with Crippen LogP contribution in [0.5, 0.6) is 0 Å². The molecule has 1 aromatic carbocycles. The van der Waals surface area contributed by atoms with Crippen molar-refractivity contribution in [2.45, 2.75) is 13.0 Å². The zero-order valence-electron chi connectivity index (χ0n) is 12.8. The van der Waals surface area contributed by atoms with Crippen LogP contribution in [-0.2, 0) is 17.7 Å². The first kappa shape index (κ1) is 15.6. The quantitative estimate of drug-likeness (QED) is 0.674. The molecule has 2 aliphatic rings. The molecule has 2 aliphatic heterocycles. The molecule has 0 amide bonds. The molecule has 0 bridgehead atoms. The molecule has 1 fully saturated rings. The molecule has 1 aromatic rings. The van der Waals surface area contributed by atoms with Crippen LogP contribution in [0, 0.1) is 0 Å². The summed E-state index contributed by atoms with van der Waals surface area (Å²) < 4.78 is 5.32. The van der Waals surface area contributed by atoms with Crippen LogP contribution in [-0.4, -0.2) is 61.7 Å². The van der Waals surface area contributed by atoms with Crippen molar-refractivity contribution in [3.8, 4) is 0 Å². The van der Waals surface area contributed by atoms with Crippen LogP contribution in [0.3, 0.4) is 0 Å². The van der Waals surface area contributed by atoms with Crippen molar-refractivity contribution >= 4 is 17.6 Å². The van der Waals surface area contributed by atoms with Gasteiger partial charge in [-0.25, -0.2) is 0 Å². The lowest BCUT2D eigenvalue weighted by Crippen LogP contribution is -2.45. The Hall–Kier alpha value is -1.30. The zero-order chi connectivity index (χ0) is 15.4. The summed E-state index contributed by atoms with van der Waals surface area (Å²) in [5.41, 5.74) is 8.68. The van der Waals surface area contributed by atoms with E-state index >= 15 is 0 Å². The van der Waals surface area contributed by atoms with Gasteiger partial charge in [-0.05, 0) is 23.6 Å². The van der Waals surface area contributed by atoms with Gasteiger partial charge in [-0.1, -0.05) is 23.7 Å². The summed E-state index contributed by atoms with van der Waals surface area (Å²) in [6.45, 7) is 6.79. The fraction of sp³-hybridized carbons (Fsp3) is 0.562. The minimum atomic E-state index is 0.642. The molecule has 0 unspecified atom stereocenters. The van der Waals surface area contributed by atoms with Crippen molar-refractivity contribution < 1.29 is 4.74 Å². The third-order valence-corrected chi connectivity index (χ3v) is 4.67. The third-order valence-electron chi connectivity index (χ3n) is 4.31. The number of ether oxygens (including phenoxy) is 1. The van der Waals surface area contributed by atoms with Gasteiger partial charge in [-0.3, -0.25) is 9.89 Å². The Morgan fingerprint density at radius 3 is 2.91 bits per heavy atom. The van der Waals surface area contributed by atoms with Crippen LogP contribution < -0.4 is 5.73 Å². The predicted molar refractivity (Wildman–Crippen MR) is 89.3 cm³/mol. The van der Waals surface area contributed by atoms with E-state index in [1.54, 1.807) is 0 Å². The number of halogens is 1. The highest BCUT2D eigenvalue weighted by molar-refractivity contribution is 6.31. The fourth-order valence-electron chi connectivity index (χ4n) is 3.01. The summed E-state index contributed by atoms with van der Waals surface area (Å²) in [7, 11) is 0. The van der Waals surface area contributed by atoms with E-state index in [0.717, 1.165) is 63.9 Å². The lowest BCUT2D eigenvalue weighted by molar-refractivity contribution is 0.0674. The first-order valence-corrected chi connectivity index (χ1v) is 8.23. The molecule has 120 valence electrons. The van der Waals surface area contributed by atoms with E-state index in [4.69, 9.17) is 22.1 Å². The second-order valence-electron chi connectivity index (χ2n) is 5.74. The monoisotopic (exact) mass is 322 g/mol. The standard InChI is InChI=1S/C16H23ClN4O/c17-15-3-1-2-13-12-20(6-4-14(13)15)7-5-19-16(18)21-8-10-22-11-9-21/h1-3H,4-12H2,(H2,18,19). The molecular formula is C16H23ClN4O. The average Bonchev–Trinajstić information content (AvgIpc) is 2.56. The number of morpholine rings is 1. The van der Waals surface area contributed by atoms with Crippen LogP contribution >= 0.6 is 11.6 Å². The number of hydrogen-bond donors (Lipinski definition) is 1. The molecular weight excluding hydrogens is 300 g/mol. The summed E-state index contributed by atoms with van der Waals surface area (Å²) >= 11 is 6.25. The minimum absolute atomic E-state index is 0.642. The smallest absolute Gasteiger partial charge is 0.191 e. The third kappa shape index (κ3) is 3.72. The highest BCUT2D eigenvalue weighted by Gasteiger charge is 2.18. The number of aliphatic imine (C=N–C) groups is 1. The van der Waals surface area contributed by atoms with Crippen LogP contribution in [0.25, 0.3) is 0 Å². The molecule has 2 heterocycles. The normalized spacial score (nSPS) is 20.0. The lowest BCUT2D eigenvalue weighted by atomic mass is 10.00. The number of nitrogens with two attached hydrogens (primary N) is 1. The summed E-state index contributed by atoms with van der Waals surface area (Å²) in [6.07, 6.45) is 1.01. The Labute approximate surface area is 136 Å². The van der Waals surface area contributed by atoms with Crippen LogP contribution in [0.15, 0.2) is 23.2 Å². The maximum Gasteiger partial charge on any atom is 0.191 e. The van der Waals surface area contributed by atoms with Gasteiger partial charge in [0.15, 0.2) is 5.96 Å². The number of fused-ring (bicyclic) bond motifs is 1. The number of nitrogens with zero attached hydrogens (tertiary/aromatic N) is 3. The Morgan fingerprint density at radius 1 is 1.27 bits per heavy atom. The Balaban J connectivity index is 1.50. The van der Waals surface area contributed by atoms with Crippen molar-refractivity contribution in [1.82, 2.24) is 9.80 Å². The van der Waals surface area contributed by atoms with Gasteiger partial charge in [0, 0.05) is 37.7 Å². The van der Waals surface area contributed by atoms with Gasteiger partial charge in [-0.15, -0.1) is 0 Å². The average molecular weight is 323 g/mol. The molecule has 0 aliphatic carbocycles. The zero-order valence-corrected chi connectivity index (χ0v) is 13.6. The summed E-state index contributed by atoms with van der Waals surface area (Å²) in [5, 5.41) is 0.895. The van der Waals surface area contributed by atoms with Crippen molar-refractivity contribution in [3.05, 3.63) is 34.3 Å². The van der Waals surface area contributed by atoms with E-state index in [1.165, 1.54) is 11.1 Å². The van der Waals surface area contributed by atoms with Gasteiger partial charge in [0.2, 0.25) is 0 Å². The molecule has 0 atom stereocenters. The highest BCUT2D eigenvalue weighted by Crippen LogP contribution is 2.25. The summed E-state index contributed by atoms with van der Waals surface area (Å²) in [4.78, 5) is 9.02. The van der Waals surface area contributed by atoms with Gasteiger partial charge >= 0.3 is 0 Å². The van der Waals surface area contributed by atoms with E-state index in [1.807, 2.05) is 12.1 Å². The van der Waals surface area contributed by atoms with Crippen LogP contribution in [0.4, 0.5) is 0 Å². The molecule has 0 radical (unpaired) electrons. The lowest BCUT2D eigenvalue weighted by Gasteiger charge is -2.29. The molecule has 0 spiro atoms. The molecule has 3 rings (SSSR count). The van der Waals surface area contributed by atoms with E-state index in [2.05, 4.69) is 20.9 Å². The van der Waals surface area contributed by atoms with Crippen LogP contribution in [0.2, 0.25) is 5.02 Å². The van der Waals surface area contributed by atoms with Crippen molar-refractivity contribution in [2.75, 3.05) is 45.9 Å². The maximum absolute atomic E-state index is 6.25. The summed E-state index contributed by atoms with van der Waals surface area (Å²) in [6, 6.07) is 6.17. The number of hydrogen-bond acceptors (Lipinski definition) is 3. The van der Waals surface area contributed by atoms with Crippen molar-refractivity contribution in [3.63, 3.8) is 0 Å². The SMILES string of the molecule is NC(=NCCN1CCc2c(Cl)cccc2C1)N1CCOCC1. The Kier molecular flexibility index (Phi) is 5.18. The summed E-state index contributed by atoms with van der Waals surface area (Å²) in [5.74, 6) is 0.642. The predicted octanol–water partition coefficient (Wildman–Crippen LogP) is 1.35. The second kappa shape index (κ2) is 7.31. The van der Waals surface area contributed by atoms with E-state index in [-0.39, 0.29) is 0 Å². The molecule has 2 N–H and O–H groups in total. The van der Waals surface area contributed by atoms with Gasteiger partial charge in [0.1, 0.15) is 0 Å². The van der Waals surface area contributed by atoms with Crippen molar-refractivity contribution in [1.29, 1.82) is 0 Å². The van der Waals surface area contributed by atoms with Crippen LogP contribution in [0.1, 0.15) is 11.1 Å². The van der Waals surface area contributed by atoms with Gasteiger partial charge in [0.25, 0.3) is 0 Å². The maximum atomic E-state index is 6.25. The first-order chi connectivity index (χ1) is 10.7. The minimum Gasteiger partial charge on any atom is -0.378 e. The molecule has 6 heteroatoms. The molecule has 0 saturated carbocycles. The molecule has 1 saturated heterocycles. The largest absolute Gasteiger partial charge is 0.378 e. The first-order valence-electron chi connectivity index (χ1n) is 7.85. The molecule has 22 heavy (non-hydrogen) atoms. The van der Waals surface area contributed by atoms with Crippen molar-refractivity contribution in [2.24, 2.45) is 10.7 Å².